The van der Waals surface area contributed by atoms with Gasteiger partial charge in [-0.1, -0.05) is 29.8 Å². The van der Waals surface area contributed by atoms with Gasteiger partial charge in [-0.3, -0.25) is 19.7 Å². The molecular weight excluding hydrogens is 413 g/mol. The minimum absolute atomic E-state index is 0.137. The average molecular weight is 427 g/mol. The van der Waals surface area contributed by atoms with E-state index in [1.807, 2.05) is 0 Å². The zero-order valence-corrected chi connectivity index (χ0v) is 15.5. The fourth-order valence-electron chi connectivity index (χ4n) is 3.17. The van der Waals surface area contributed by atoms with E-state index in [1.54, 1.807) is 24.3 Å². The molecule has 6 nitrogen and oxygen atoms in total. The van der Waals surface area contributed by atoms with Crippen molar-refractivity contribution in [1.29, 1.82) is 0 Å². The number of carbonyl (C=O) groups excluding carboxylic acids is 2. The summed E-state index contributed by atoms with van der Waals surface area (Å²) in [5.41, 5.74) is -2.82. The van der Waals surface area contributed by atoms with Crippen LogP contribution in [0.15, 0.2) is 42.5 Å². The number of halogens is 4. The predicted octanol–water partition coefficient (Wildman–Crippen LogP) is 4.90. The number of ketones is 1. The molecule has 0 radical (unpaired) electrons. The monoisotopic (exact) mass is 426 g/mol. The number of nitrogens with zero attached hydrogens (tertiary/aromatic N) is 1. The van der Waals surface area contributed by atoms with Crippen LogP contribution in [0.25, 0.3) is 0 Å². The van der Waals surface area contributed by atoms with Crippen molar-refractivity contribution in [3.05, 3.63) is 68.7 Å². The molecule has 2 aromatic carbocycles. The van der Waals surface area contributed by atoms with E-state index in [0.29, 0.717) is 30.0 Å². The molecular formula is C19H14ClF3N2O4. The molecule has 1 aliphatic carbocycles. The molecule has 0 heterocycles. The standard InChI is InChI=1S/C19H14ClF3N2O4/c20-14-4-2-1-3-12(14)18(7-8-18)10-16(26)17(27)24-11-5-6-15(25(28)29)13(9-11)19(21,22)23/h1-6,9H,7-8,10H2,(H,24,27). The smallest absolute Gasteiger partial charge is 0.319 e. The van der Waals surface area contributed by atoms with Crippen LogP contribution >= 0.6 is 11.6 Å². The largest absolute Gasteiger partial charge is 0.423 e. The number of hydrogen-bond acceptors (Lipinski definition) is 4. The first-order chi connectivity index (χ1) is 13.5. The van der Waals surface area contributed by atoms with Crippen molar-refractivity contribution in [2.24, 2.45) is 0 Å². The Balaban J connectivity index is 1.76. The lowest BCUT2D eigenvalue weighted by atomic mass is 9.90. The van der Waals surface area contributed by atoms with Crippen molar-refractivity contribution in [2.75, 3.05) is 5.32 Å². The van der Waals surface area contributed by atoms with Crippen LogP contribution in [0.3, 0.4) is 0 Å². The van der Waals surface area contributed by atoms with Gasteiger partial charge in [-0.15, -0.1) is 0 Å². The molecule has 0 atom stereocenters. The Morgan fingerprint density at radius 3 is 2.38 bits per heavy atom. The van der Waals surface area contributed by atoms with Gasteiger partial charge in [0.25, 0.3) is 11.6 Å². The van der Waals surface area contributed by atoms with E-state index >= 15 is 0 Å². The molecule has 152 valence electrons. The number of rotatable bonds is 6. The number of nitro groups is 1. The van der Waals surface area contributed by atoms with Crippen molar-refractivity contribution < 1.29 is 27.7 Å². The molecule has 0 aromatic heterocycles. The molecule has 10 heteroatoms. The minimum Gasteiger partial charge on any atom is -0.319 e. The van der Waals surface area contributed by atoms with E-state index in [2.05, 4.69) is 5.32 Å². The quantitative estimate of drug-likeness (QED) is 0.404. The summed E-state index contributed by atoms with van der Waals surface area (Å²) in [6.45, 7) is 0. The fourth-order valence-corrected chi connectivity index (χ4v) is 3.51. The van der Waals surface area contributed by atoms with E-state index in [0.717, 1.165) is 11.6 Å². The second-order valence-electron chi connectivity index (χ2n) is 6.80. The number of benzene rings is 2. The number of amides is 1. The van der Waals surface area contributed by atoms with Gasteiger partial charge in [0, 0.05) is 28.6 Å². The van der Waals surface area contributed by atoms with Crippen LogP contribution in [-0.2, 0) is 21.2 Å². The highest BCUT2D eigenvalue weighted by atomic mass is 35.5. The summed E-state index contributed by atoms with van der Waals surface area (Å²) < 4.78 is 39.1. The van der Waals surface area contributed by atoms with Gasteiger partial charge in [0.2, 0.25) is 5.78 Å². The van der Waals surface area contributed by atoms with E-state index < -0.39 is 39.5 Å². The normalized spacial score (nSPS) is 14.9. The molecule has 1 aliphatic rings. The van der Waals surface area contributed by atoms with Crippen molar-refractivity contribution >= 4 is 34.7 Å². The van der Waals surface area contributed by atoms with Crippen LogP contribution in [0.4, 0.5) is 24.5 Å². The molecule has 1 amide bonds. The maximum absolute atomic E-state index is 13.0. The van der Waals surface area contributed by atoms with E-state index in [1.165, 1.54) is 0 Å². The maximum atomic E-state index is 13.0. The third-order valence-corrected chi connectivity index (χ3v) is 5.14. The van der Waals surface area contributed by atoms with Crippen molar-refractivity contribution in [1.82, 2.24) is 0 Å². The Kier molecular flexibility index (Phi) is 5.36. The minimum atomic E-state index is -4.99. The molecule has 0 aliphatic heterocycles. The number of nitro benzene ring substituents is 1. The highest BCUT2D eigenvalue weighted by molar-refractivity contribution is 6.41. The SMILES string of the molecule is O=C(CC1(c2ccccc2Cl)CC1)C(=O)Nc1ccc([N+](=O)[O-])c(C(F)(F)F)c1. The van der Waals surface area contributed by atoms with Crippen LogP contribution in [0.1, 0.15) is 30.4 Å². The van der Waals surface area contributed by atoms with Gasteiger partial charge >= 0.3 is 6.18 Å². The number of nitrogens with one attached hydrogen (secondary N) is 1. The molecule has 1 saturated carbocycles. The van der Waals surface area contributed by atoms with Crippen LogP contribution in [-0.4, -0.2) is 16.6 Å². The third-order valence-electron chi connectivity index (χ3n) is 4.81. The Morgan fingerprint density at radius 1 is 1.17 bits per heavy atom. The van der Waals surface area contributed by atoms with Gasteiger partial charge < -0.3 is 5.32 Å². The zero-order chi connectivity index (χ0) is 21.4. The summed E-state index contributed by atoms with van der Waals surface area (Å²) in [4.78, 5) is 34.2. The fraction of sp³-hybridized carbons (Fsp3) is 0.263. The van der Waals surface area contributed by atoms with Gasteiger partial charge in [0.15, 0.2) is 0 Å². The second kappa shape index (κ2) is 7.47. The lowest BCUT2D eigenvalue weighted by Gasteiger charge is -2.16. The molecule has 0 saturated heterocycles. The van der Waals surface area contributed by atoms with Crippen LogP contribution in [0.5, 0.6) is 0 Å². The van der Waals surface area contributed by atoms with Crippen LogP contribution < -0.4 is 5.32 Å². The van der Waals surface area contributed by atoms with Gasteiger partial charge in [-0.25, -0.2) is 0 Å². The van der Waals surface area contributed by atoms with Gasteiger partial charge in [0.1, 0.15) is 5.56 Å². The first kappa shape index (κ1) is 20.8. The molecule has 0 bridgehead atoms. The summed E-state index contributed by atoms with van der Waals surface area (Å²) in [5.74, 6) is -1.90. The lowest BCUT2D eigenvalue weighted by molar-refractivity contribution is -0.388. The molecule has 3 rings (SSSR count). The van der Waals surface area contributed by atoms with Crippen molar-refractivity contribution in [3.8, 4) is 0 Å². The van der Waals surface area contributed by atoms with E-state index in [9.17, 15) is 32.9 Å². The molecule has 29 heavy (non-hydrogen) atoms. The Morgan fingerprint density at radius 2 is 1.83 bits per heavy atom. The van der Waals surface area contributed by atoms with Crippen LogP contribution in [0, 0.1) is 10.1 Å². The first-order valence-corrected chi connectivity index (χ1v) is 8.86. The van der Waals surface area contributed by atoms with Gasteiger partial charge in [0.05, 0.1) is 4.92 Å². The molecule has 1 N–H and O–H groups in total. The highest BCUT2D eigenvalue weighted by Gasteiger charge is 2.47. The number of anilines is 1. The van der Waals surface area contributed by atoms with Crippen molar-refractivity contribution in [3.63, 3.8) is 0 Å². The summed E-state index contributed by atoms with van der Waals surface area (Å²) >= 11 is 6.17. The topological polar surface area (TPSA) is 89.3 Å². The highest BCUT2D eigenvalue weighted by Crippen LogP contribution is 2.53. The Labute approximate surface area is 167 Å². The number of carbonyl (C=O) groups is 2. The summed E-state index contributed by atoms with van der Waals surface area (Å²) in [5, 5.41) is 13.4. The second-order valence-corrected chi connectivity index (χ2v) is 7.21. The van der Waals surface area contributed by atoms with E-state index in [-0.39, 0.29) is 12.1 Å². The van der Waals surface area contributed by atoms with Crippen LogP contribution in [0.2, 0.25) is 5.02 Å². The number of Topliss-reactive ketones (excluding diaryl/α,β-unsaturated/α-hetero) is 1. The van der Waals surface area contributed by atoms with Crippen molar-refractivity contribution in [2.45, 2.75) is 30.9 Å². The lowest BCUT2D eigenvalue weighted by Crippen LogP contribution is -2.27. The zero-order valence-electron chi connectivity index (χ0n) is 14.8. The van der Waals surface area contributed by atoms with Gasteiger partial charge in [-0.2, -0.15) is 13.2 Å². The maximum Gasteiger partial charge on any atom is 0.423 e. The third kappa shape index (κ3) is 4.40. The summed E-state index contributed by atoms with van der Waals surface area (Å²) in [6, 6.07) is 8.97. The molecule has 0 spiro atoms. The number of hydrogen-bond donors (Lipinski definition) is 1. The molecule has 0 unspecified atom stereocenters. The summed E-state index contributed by atoms with van der Waals surface area (Å²) in [7, 11) is 0. The Hall–Kier alpha value is -2.94. The van der Waals surface area contributed by atoms with E-state index in [4.69, 9.17) is 11.6 Å². The predicted molar refractivity (Wildman–Crippen MR) is 98.7 cm³/mol. The molecule has 1 fully saturated rings. The molecule has 2 aromatic rings. The average Bonchev–Trinajstić information content (AvgIpc) is 3.41. The number of alkyl halides is 3. The first-order valence-electron chi connectivity index (χ1n) is 8.48. The summed E-state index contributed by atoms with van der Waals surface area (Å²) in [6.07, 6.45) is -3.81. The van der Waals surface area contributed by atoms with Gasteiger partial charge in [-0.05, 0) is 36.6 Å². The Bertz CT molecular complexity index is 1000.